The van der Waals surface area contributed by atoms with Crippen molar-refractivity contribution < 1.29 is 14.3 Å². The number of carbonyl (C=O) groups is 1. The summed E-state index contributed by atoms with van der Waals surface area (Å²) in [6, 6.07) is 3.75. The fraction of sp³-hybridized carbons (Fsp3) is 0.636. The molecule has 1 aromatic carbocycles. The molecule has 0 saturated carbocycles. The fourth-order valence-corrected chi connectivity index (χ4v) is 3.70. The molecule has 176 valence electrons. The van der Waals surface area contributed by atoms with Crippen LogP contribution in [0.2, 0.25) is 5.02 Å². The second-order valence-electron chi connectivity index (χ2n) is 7.21. The number of hydrogen-bond acceptors (Lipinski definition) is 4. The van der Waals surface area contributed by atoms with Crippen LogP contribution in [0.1, 0.15) is 51.5 Å². The van der Waals surface area contributed by atoms with Gasteiger partial charge in [-0.3, -0.25) is 4.79 Å². The Morgan fingerprint density at radius 2 is 2.03 bits per heavy atom. The summed E-state index contributed by atoms with van der Waals surface area (Å²) in [7, 11) is 1.60. The lowest BCUT2D eigenvalue weighted by Gasteiger charge is -2.20. The maximum absolute atomic E-state index is 12.1. The minimum atomic E-state index is 0. The number of rotatable bonds is 10. The van der Waals surface area contributed by atoms with E-state index in [0.717, 1.165) is 63.4 Å². The first kappa shape index (κ1) is 27.6. The molecule has 0 bridgehead atoms. The lowest BCUT2D eigenvalue weighted by molar-refractivity contribution is -0.130. The zero-order chi connectivity index (χ0) is 21.8. The van der Waals surface area contributed by atoms with Crippen LogP contribution < -0.4 is 20.1 Å². The first-order valence-corrected chi connectivity index (χ1v) is 11.3. The smallest absolute Gasteiger partial charge is 0.222 e. The number of nitrogens with zero attached hydrogens (tertiary/aromatic N) is 2. The van der Waals surface area contributed by atoms with Crippen molar-refractivity contribution in [3.63, 3.8) is 0 Å². The topological polar surface area (TPSA) is 75.2 Å². The molecule has 1 aliphatic rings. The van der Waals surface area contributed by atoms with Gasteiger partial charge in [-0.1, -0.05) is 18.0 Å². The van der Waals surface area contributed by atoms with Crippen molar-refractivity contribution in [1.82, 2.24) is 15.5 Å². The molecule has 0 aliphatic carbocycles. The van der Waals surface area contributed by atoms with E-state index in [9.17, 15) is 4.79 Å². The molecule has 1 heterocycles. The second kappa shape index (κ2) is 15.4. The van der Waals surface area contributed by atoms with E-state index in [0.29, 0.717) is 36.1 Å². The van der Waals surface area contributed by atoms with Crippen molar-refractivity contribution in [1.29, 1.82) is 0 Å². The molecule has 1 aliphatic heterocycles. The van der Waals surface area contributed by atoms with Gasteiger partial charge in [-0.15, -0.1) is 24.0 Å². The van der Waals surface area contributed by atoms with Crippen molar-refractivity contribution in [2.24, 2.45) is 4.99 Å². The summed E-state index contributed by atoms with van der Waals surface area (Å²) in [6.07, 6.45) is 4.85. The summed E-state index contributed by atoms with van der Waals surface area (Å²) in [5, 5.41) is 7.12. The molecule has 1 amide bonds. The van der Waals surface area contributed by atoms with E-state index in [2.05, 4.69) is 15.6 Å². The monoisotopic (exact) mass is 566 g/mol. The van der Waals surface area contributed by atoms with E-state index in [-0.39, 0.29) is 29.9 Å². The molecule has 31 heavy (non-hydrogen) atoms. The number of aliphatic imine (C=N–C) groups is 1. The number of carbonyl (C=O) groups excluding carboxylic acids is 1. The molecule has 0 aromatic heterocycles. The molecule has 1 aromatic rings. The summed E-state index contributed by atoms with van der Waals surface area (Å²) in [5.74, 6) is 2.19. The Morgan fingerprint density at radius 1 is 1.23 bits per heavy atom. The van der Waals surface area contributed by atoms with E-state index in [4.69, 9.17) is 21.1 Å². The van der Waals surface area contributed by atoms with E-state index in [1.165, 1.54) is 0 Å². The Balaban J connectivity index is 0.00000480. The first-order valence-electron chi connectivity index (χ1n) is 10.9. The molecule has 1 saturated heterocycles. The fourth-order valence-electron chi connectivity index (χ4n) is 3.41. The highest BCUT2D eigenvalue weighted by Gasteiger charge is 2.15. The van der Waals surface area contributed by atoms with Gasteiger partial charge in [0.1, 0.15) is 0 Å². The number of likely N-dealkylation sites (tertiary alicyclic amines) is 1. The highest BCUT2D eigenvalue weighted by atomic mass is 127. The van der Waals surface area contributed by atoms with Gasteiger partial charge >= 0.3 is 0 Å². The third-order valence-corrected chi connectivity index (χ3v) is 5.19. The van der Waals surface area contributed by atoms with Crippen molar-refractivity contribution in [3.8, 4) is 11.5 Å². The highest BCUT2D eigenvalue weighted by Crippen LogP contribution is 2.36. The highest BCUT2D eigenvalue weighted by molar-refractivity contribution is 14.0. The molecular formula is C22H36ClIN4O3. The lowest BCUT2D eigenvalue weighted by Crippen LogP contribution is -2.39. The summed E-state index contributed by atoms with van der Waals surface area (Å²) in [5.41, 5.74) is 0.938. The van der Waals surface area contributed by atoms with Gasteiger partial charge in [0.2, 0.25) is 5.91 Å². The van der Waals surface area contributed by atoms with Crippen LogP contribution in [0, 0.1) is 0 Å². The van der Waals surface area contributed by atoms with Crippen LogP contribution in [0.25, 0.3) is 0 Å². The lowest BCUT2D eigenvalue weighted by atomic mass is 10.2. The van der Waals surface area contributed by atoms with Crippen LogP contribution in [0.4, 0.5) is 0 Å². The molecule has 1 fully saturated rings. The van der Waals surface area contributed by atoms with Crippen molar-refractivity contribution >= 4 is 47.4 Å². The van der Waals surface area contributed by atoms with Crippen LogP contribution >= 0.6 is 35.6 Å². The molecule has 0 unspecified atom stereocenters. The SMILES string of the molecule is CCNC(=NCc1cc(Cl)c(OCC)c(OC)c1)NCCCN1CCCCCC1=O.I. The average molecular weight is 567 g/mol. The number of nitrogens with one attached hydrogen (secondary N) is 2. The maximum atomic E-state index is 12.1. The molecule has 9 heteroatoms. The summed E-state index contributed by atoms with van der Waals surface area (Å²) < 4.78 is 11.0. The van der Waals surface area contributed by atoms with Crippen LogP contribution in [-0.2, 0) is 11.3 Å². The van der Waals surface area contributed by atoms with Gasteiger partial charge in [0.15, 0.2) is 17.5 Å². The van der Waals surface area contributed by atoms with Gasteiger partial charge in [0.25, 0.3) is 0 Å². The van der Waals surface area contributed by atoms with Crippen molar-refractivity contribution in [2.45, 2.75) is 52.5 Å². The molecule has 0 atom stereocenters. The number of guanidine groups is 1. The Bertz CT molecular complexity index is 718. The maximum Gasteiger partial charge on any atom is 0.222 e. The van der Waals surface area contributed by atoms with Gasteiger partial charge in [-0.25, -0.2) is 4.99 Å². The Labute approximate surface area is 208 Å². The van der Waals surface area contributed by atoms with Gasteiger partial charge < -0.3 is 25.0 Å². The normalized spacial score (nSPS) is 14.5. The van der Waals surface area contributed by atoms with Gasteiger partial charge in [-0.05, 0) is 50.8 Å². The average Bonchev–Trinajstić information content (AvgIpc) is 2.94. The van der Waals surface area contributed by atoms with E-state index in [1.807, 2.05) is 30.9 Å². The van der Waals surface area contributed by atoms with Crippen LogP contribution in [0.5, 0.6) is 11.5 Å². The number of halogens is 2. The van der Waals surface area contributed by atoms with Gasteiger partial charge in [0, 0.05) is 32.6 Å². The molecule has 0 radical (unpaired) electrons. The standard InChI is InChI=1S/C22H35ClN4O3.HI/c1-4-24-22(25-11-9-13-27-12-8-6-7-10-20(27)28)26-16-17-14-18(23)21(30-5-2)19(15-17)29-3;/h14-15H,4-13,16H2,1-3H3,(H2,24,25,26);1H. The zero-order valence-corrected chi connectivity index (χ0v) is 21.9. The minimum Gasteiger partial charge on any atom is -0.493 e. The van der Waals surface area contributed by atoms with E-state index >= 15 is 0 Å². The molecule has 2 N–H and O–H groups in total. The van der Waals surface area contributed by atoms with Gasteiger partial charge in [0.05, 0.1) is 25.3 Å². The Kier molecular flexibility index (Phi) is 13.7. The third-order valence-electron chi connectivity index (χ3n) is 4.91. The predicted molar refractivity (Wildman–Crippen MR) is 137 cm³/mol. The van der Waals surface area contributed by atoms with Gasteiger partial charge in [-0.2, -0.15) is 0 Å². The summed E-state index contributed by atoms with van der Waals surface area (Å²) >= 11 is 6.35. The van der Waals surface area contributed by atoms with Crippen molar-refractivity contribution in [3.05, 3.63) is 22.7 Å². The first-order chi connectivity index (χ1) is 14.6. The van der Waals surface area contributed by atoms with Crippen LogP contribution in [-0.4, -0.2) is 56.7 Å². The van der Waals surface area contributed by atoms with Crippen LogP contribution in [0.15, 0.2) is 17.1 Å². The van der Waals surface area contributed by atoms with E-state index in [1.54, 1.807) is 7.11 Å². The summed E-state index contributed by atoms with van der Waals surface area (Å²) in [4.78, 5) is 18.7. The molecule has 2 rings (SSSR count). The molecule has 0 spiro atoms. The minimum absolute atomic E-state index is 0. The van der Waals surface area contributed by atoms with Crippen LogP contribution in [0.3, 0.4) is 0 Å². The number of methoxy groups -OCH3 is 1. The van der Waals surface area contributed by atoms with E-state index < -0.39 is 0 Å². The van der Waals surface area contributed by atoms with Crippen molar-refractivity contribution in [2.75, 3.05) is 39.9 Å². The molecular weight excluding hydrogens is 531 g/mol. The number of hydrogen-bond donors (Lipinski definition) is 2. The Morgan fingerprint density at radius 3 is 2.74 bits per heavy atom. The quantitative estimate of drug-likeness (QED) is 0.192. The molecule has 7 nitrogen and oxygen atoms in total. The predicted octanol–water partition coefficient (Wildman–Crippen LogP) is 4.21. The number of benzene rings is 1. The third kappa shape index (κ3) is 9.31. The largest absolute Gasteiger partial charge is 0.493 e. The second-order valence-corrected chi connectivity index (χ2v) is 7.62. The summed E-state index contributed by atoms with van der Waals surface area (Å²) in [6.45, 7) is 8.11. The number of amides is 1. The zero-order valence-electron chi connectivity index (χ0n) is 18.8. The number of ether oxygens (including phenoxy) is 2. The Hall–Kier alpha value is -1.42.